The minimum Gasteiger partial charge on any atom is -0.391 e. The van der Waals surface area contributed by atoms with Crippen molar-refractivity contribution >= 4 is 43.0 Å². The van der Waals surface area contributed by atoms with Gasteiger partial charge in [0.1, 0.15) is 10.0 Å². The quantitative estimate of drug-likeness (QED) is 0.834. The Morgan fingerprint density at radius 2 is 1.95 bits per heavy atom. The lowest BCUT2D eigenvalue weighted by atomic mass is 10.2. The van der Waals surface area contributed by atoms with E-state index in [4.69, 9.17) is 5.11 Å². The molecule has 0 radical (unpaired) electrons. The summed E-state index contributed by atoms with van der Waals surface area (Å²) >= 11 is 4.04. The first-order valence-corrected chi connectivity index (χ1v) is 9.02. The van der Waals surface area contributed by atoms with Crippen molar-refractivity contribution in [3.63, 3.8) is 0 Å². The Labute approximate surface area is 134 Å². The van der Waals surface area contributed by atoms with Gasteiger partial charge in [-0.1, -0.05) is 0 Å². The number of anilines is 1. The molecule has 1 aromatic heterocycles. The number of rotatable bonds is 4. The van der Waals surface area contributed by atoms with Crippen LogP contribution in [0.3, 0.4) is 0 Å². The molecule has 2 aromatic rings. The van der Waals surface area contributed by atoms with Crippen LogP contribution in [0.4, 0.5) is 10.1 Å². The van der Waals surface area contributed by atoms with E-state index in [1.807, 2.05) is 0 Å². The highest BCUT2D eigenvalue weighted by molar-refractivity contribution is 9.10. The van der Waals surface area contributed by atoms with Gasteiger partial charge >= 0.3 is 0 Å². The van der Waals surface area contributed by atoms with Crippen LogP contribution in [-0.2, 0) is 16.6 Å². The maximum atomic E-state index is 13.4. The molecule has 0 unspecified atom stereocenters. The van der Waals surface area contributed by atoms with E-state index >= 15 is 0 Å². The third-order valence-corrected chi connectivity index (χ3v) is 6.59. The van der Waals surface area contributed by atoms with Crippen LogP contribution in [0.25, 0.3) is 0 Å². The van der Waals surface area contributed by atoms with Crippen molar-refractivity contribution < 1.29 is 17.9 Å². The lowest BCUT2D eigenvalue weighted by molar-refractivity contribution is 0.285. The Bertz CT molecular complexity index is 787. The fourth-order valence-corrected chi connectivity index (χ4v) is 4.64. The van der Waals surface area contributed by atoms with Gasteiger partial charge in [-0.15, -0.1) is 11.3 Å². The number of halogens is 2. The average Bonchev–Trinajstić information content (AvgIpc) is 2.78. The predicted octanol–water partition coefficient (Wildman–Crippen LogP) is 3.56. The van der Waals surface area contributed by atoms with E-state index in [2.05, 4.69) is 20.7 Å². The second-order valence-corrected chi connectivity index (χ2v) is 8.42. The van der Waals surface area contributed by atoms with Crippen LogP contribution in [0.2, 0.25) is 0 Å². The van der Waals surface area contributed by atoms with E-state index in [1.165, 1.54) is 18.2 Å². The molecule has 0 bridgehead atoms. The number of benzene rings is 1. The Kier molecular flexibility index (Phi) is 4.72. The maximum Gasteiger partial charge on any atom is 0.271 e. The highest BCUT2D eigenvalue weighted by atomic mass is 79.9. The van der Waals surface area contributed by atoms with Gasteiger partial charge in [-0.25, -0.2) is 12.8 Å². The monoisotopic (exact) mass is 393 g/mol. The molecule has 1 heterocycles. The molecule has 0 atom stereocenters. The molecule has 2 N–H and O–H groups in total. The van der Waals surface area contributed by atoms with Gasteiger partial charge in [0.15, 0.2) is 0 Å². The van der Waals surface area contributed by atoms with Crippen LogP contribution >= 0.6 is 27.3 Å². The molecule has 0 amide bonds. The first-order chi connectivity index (χ1) is 9.74. The van der Waals surface area contributed by atoms with Crippen LogP contribution in [0.1, 0.15) is 16.0 Å². The van der Waals surface area contributed by atoms with Gasteiger partial charge in [-0.2, -0.15) is 0 Å². The van der Waals surface area contributed by atoms with Crippen molar-refractivity contribution in [2.24, 2.45) is 0 Å². The van der Waals surface area contributed by atoms with E-state index in [9.17, 15) is 12.8 Å². The number of aryl methyl sites for hydroxylation is 2. The van der Waals surface area contributed by atoms with Crippen LogP contribution in [-0.4, -0.2) is 13.5 Å². The second kappa shape index (κ2) is 6.04. The van der Waals surface area contributed by atoms with Crippen LogP contribution in [0.5, 0.6) is 0 Å². The van der Waals surface area contributed by atoms with Gasteiger partial charge in [-0.05, 0) is 59.1 Å². The SMILES string of the molecule is Cc1cc(F)c(Br)cc1NS(=O)(=O)c1cc(C)c(CO)s1. The molecular weight excluding hydrogens is 381 g/mol. The third-order valence-electron chi connectivity index (χ3n) is 2.92. The normalized spacial score (nSPS) is 11.7. The highest BCUT2D eigenvalue weighted by Gasteiger charge is 2.20. The molecule has 2 rings (SSSR count). The molecule has 0 spiro atoms. The van der Waals surface area contributed by atoms with Gasteiger partial charge in [0.2, 0.25) is 0 Å². The second-order valence-electron chi connectivity index (χ2n) is 4.52. The standard InChI is InChI=1S/C13H13BrFNO3S2/c1-7-3-10(15)9(14)5-11(7)16-21(18,19)13-4-8(2)12(6-17)20-13/h3-5,16-17H,6H2,1-2H3. The van der Waals surface area contributed by atoms with E-state index in [0.717, 1.165) is 16.9 Å². The summed E-state index contributed by atoms with van der Waals surface area (Å²) in [5.74, 6) is -0.454. The molecule has 4 nitrogen and oxygen atoms in total. The summed E-state index contributed by atoms with van der Waals surface area (Å²) < 4.78 is 40.8. The molecule has 0 fully saturated rings. The number of hydrogen-bond donors (Lipinski definition) is 2. The Morgan fingerprint density at radius 3 is 2.52 bits per heavy atom. The summed E-state index contributed by atoms with van der Waals surface area (Å²) in [7, 11) is -3.76. The first kappa shape index (κ1) is 16.4. The Morgan fingerprint density at radius 1 is 1.29 bits per heavy atom. The molecule has 1 aromatic carbocycles. The molecular formula is C13H13BrFNO3S2. The van der Waals surface area contributed by atoms with Gasteiger partial charge in [0.05, 0.1) is 16.8 Å². The van der Waals surface area contributed by atoms with Crippen LogP contribution < -0.4 is 4.72 Å². The van der Waals surface area contributed by atoms with Crippen molar-refractivity contribution in [3.8, 4) is 0 Å². The number of sulfonamides is 1. The fourth-order valence-electron chi connectivity index (χ4n) is 1.73. The number of nitrogens with one attached hydrogen (secondary N) is 1. The lowest BCUT2D eigenvalue weighted by Crippen LogP contribution is -2.12. The van der Waals surface area contributed by atoms with Crippen LogP contribution in [0.15, 0.2) is 26.9 Å². The van der Waals surface area contributed by atoms with Gasteiger partial charge in [-0.3, -0.25) is 4.72 Å². The number of hydrogen-bond acceptors (Lipinski definition) is 4. The summed E-state index contributed by atoms with van der Waals surface area (Å²) in [4.78, 5) is 0.604. The summed E-state index contributed by atoms with van der Waals surface area (Å²) in [5, 5.41) is 9.15. The van der Waals surface area contributed by atoms with Crippen molar-refractivity contribution in [2.75, 3.05) is 4.72 Å². The fraction of sp³-hybridized carbons (Fsp3) is 0.231. The van der Waals surface area contributed by atoms with Crippen molar-refractivity contribution in [1.82, 2.24) is 0 Å². The Balaban J connectivity index is 2.39. The smallest absolute Gasteiger partial charge is 0.271 e. The summed E-state index contributed by atoms with van der Waals surface area (Å²) in [6, 6.07) is 4.14. The summed E-state index contributed by atoms with van der Waals surface area (Å²) in [5.41, 5.74) is 1.51. The van der Waals surface area contributed by atoms with Crippen molar-refractivity contribution in [3.05, 3.63) is 44.5 Å². The molecule has 21 heavy (non-hydrogen) atoms. The maximum absolute atomic E-state index is 13.4. The topological polar surface area (TPSA) is 66.4 Å². The number of aliphatic hydroxyl groups is 1. The van der Waals surface area contributed by atoms with E-state index in [1.54, 1.807) is 13.8 Å². The number of thiophene rings is 1. The predicted molar refractivity (Wildman–Crippen MR) is 84.6 cm³/mol. The van der Waals surface area contributed by atoms with E-state index in [-0.39, 0.29) is 15.3 Å². The van der Waals surface area contributed by atoms with E-state index in [0.29, 0.717) is 16.1 Å². The van der Waals surface area contributed by atoms with Crippen molar-refractivity contribution in [2.45, 2.75) is 24.7 Å². The first-order valence-electron chi connectivity index (χ1n) is 5.93. The third kappa shape index (κ3) is 3.45. The molecule has 114 valence electrons. The highest BCUT2D eigenvalue weighted by Crippen LogP contribution is 2.30. The minimum absolute atomic E-state index is 0.115. The molecule has 0 saturated heterocycles. The molecule has 8 heteroatoms. The van der Waals surface area contributed by atoms with Gasteiger partial charge < -0.3 is 5.11 Å². The Hall–Kier alpha value is -0.960. The van der Waals surface area contributed by atoms with Crippen molar-refractivity contribution in [1.29, 1.82) is 0 Å². The zero-order chi connectivity index (χ0) is 15.8. The van der Waals surface area contributed by atoms with Crippen LogP contribution in [0, 0.1) is 19.7 Å². The largest absolute Gasteiger partial charge is 0.391 e. The summed E-state index contributed by atoms with van der Waals surface area (Å²) in [6.07, 6.45) is 0. The lowest BCUT2D eigenvalue weighted by Gasteiger charge is -2.10. The molecule has 0 aliphatic heterocycles. The summed E-state index contributed by atoms with van der Waals surface area (Å²) in [6.45, 7) is 3.15. The zero-order valence-corrected chi connectivity index (χ0v) is 14.5. The van der Waals surface area contributed by atoms with Gasteiger partial charge in [0.25, 0.3) is 10.0 Å². The average molecular weight is 394 g/mol. The zero-order valence-electron chi connectivity index (χ0n) is 11.3. The minimum atomic E-state index is -3.76. The molecule has 0 aliphatic rings. The van der Waals surface area contributed by atoms with E-state index < -0.39 is 15.8 Å². The number of aliphatic hydroxyl groups excluding tert-OH is 1. The molecule has 0 aliphatic carbocycles. The molecule has 0 saturated carbocycles. The van der Waals surface area contributed by atoms with Gasteiger partial charge in [0, 0.05) is 4.88 Å².